The fraction of sp³-hybridized carbons (Fsp3) is 0.300. The summed E-state index contributed by atoms with van der Waals surface area (Å²) in [6.45, 7) is 0.801. The van der Waals surface area contributed by atoms with Crippen molar-refractivity contribution in [2.24, 2.45) is 0 Å². The first-order valence-corrected chi connectivity index (χ1v) is 4.49. The molecular formula is C10H11FN2O. The number of hydrogen-bond donors (Lipinski definition) is 1. The zero-order chi connectivity index (χ0) is 9.97. The zero-order valence-corrected chi connectivity index (χ0v) is 7.88. The minimum Gasteiger partial charge on any atom is -0.441 e. The van der Waals surface area contributed by atoms with Crippen LogP contribution in [0.4, 0.5) is 4.39 Å². The normalized spacial score (nSPS) is 11.0. The van der Waals surface area contributed by atoms with Crippen molar-refractivity contribution in [3.63, 3.8) is 0 Å². The smallest absolute Gasteiger partial charge is 0.196 e. The molecule has 1 aromatic heterocycles. The van der Waals surface area contributed by atoms with Crippen molar-refractivity contribution in [3.05, 3.63) is 29.9 Å². The third kappa shape index (κ3) is 1.75. The number of hydrogen-bond acceptors (Lipinski definition) is 3. The topological polar surface area (TPSA) is 38.1 Å². The van der Waals surface area contributed by atoms with Gasteiger partial charge in [0.1, 0.15) is 11.3 Å². The molecule has 2 rings (SSSR count). The molecule has 0 bridgehead atoms. The second-order valence-electron chi connectivity index (χ2n) is 3.07. The number of aromatic nitrogens is 1. The summed E-state index contributed by atoms with van der Waals surface area (Å²) < 4.78 is 18.2. The van der Waals surface area contributed by atoms with Gasteiger partial charge in [0.15, 0.2) is 11.5 Å². The molecule has 0 saturated heterocycles. The fourth-order valence-corrected chi connectivity index (χ4v) is 1.29. The van der Waals surface area contributed by atoms with Gasteiger partial charge in [-0.15, -0.1) is 0 Å². The quantitative estimate of drug-likeness (QED) is 0.808. The molecule has 0 aliphatic carbocycles. The molecule has 1 N–H and O–H groups in total. The number of halogens is 1. The summed E-state index contributed by atoms with van der Waals surface area (Å²) in [5.74, 6) is 0.341. The zero-order valence-electron chi connectivity index (χ0n) is 7.88. The van der Waals surface area contributed by atoms with Gasteiger partial charge in [-0.05, 0) is 19.2 Å². The summed E-state index contributed by atoms with van der Waals surface area (Å²) >= 11 is 0. The number of likely N-dealkylation sites (N-methyl/N-ethyl adjacent to an activating group) is 1. The second kappa shape index (κ2) is 3.75. The van der Waals surface area contributed by atoms with Crippen LogP contribution in [0, 0.1) is 5.82 Å². The van der Waals surface area contributed by atoms with E-state index in [1.807, 2.05) is 7.05 Å². The molecular weight excluding hydrogens is 183 g/mol. The number of fused-ring (bicyclic) bond motifs is 1. The average Bonchev–Trinajstić information content (AvgIpc) is 2.56. The highest BCUT2D eigenvalue weighted by molar-refractivity contribution is 5.72. The Morgan fingerprint density at radius 3 is 3.14 bits per heavy atom. The van der Waals surface area contributed by atoms with Crippen molar-refractivity contribution >= 4 is 11.1 Å². The van der Waals surface area contributed by atoms with Crippen LogP contribution in [0.1, 0.15) is 5.89 Å². The Balaban J connectivity index is 2.32. The first-order chi connectivity index (χ1) is 6.79. The van der Waals surface area contributed by atoms with E-state index in [-0.39, 0.29) is 5.82 Å². The van der Waals surface area contributed by atoms with Crippen molar-refractivity contribution in [3.8, 4) is 0 Å². The van der Waals surface area contributed by atoms with Crippen LogP contribution >= 0.6 is 0 Å². The lowest BCUT2D eigenvalue weighted by Gasteiger charge is -1.91. The summed E-state index contributed by atoms with van der Waals surface area (Å²) in [6, 6.07) is 4.36. The molecule has 0 radical (unpaired) electrons. The van der Waals surface area contributed by atoms with Crippen LogP contribution in [-0.4, -0.2) is 18.6 Å². The van der Waals surface area contributed by atoms with Gasteiger partial charge in [0.25, 0.3) is 0 Å². The predicted molar refractivity (Wildman–Crippen MR) is 51.6 cm³/mol. The van der Waals surface area contributed by atoms with Crippen molar-refractivity contribution in [1.29, 1.82) is 0 Å². The molecule has 0 aliphatic rings. The van der Waals surface area contributed by atoms with Gasteiger partial charge in [-0.25, -0.2) is 9.37 Å². The maximum Gasteiger partial charge on any atom is 0.196 e. The molecule has 0 spiro atoms. The summed E-state index contributed by atoms with van der Waals surface area (Å²) in [5.41, 5.74) is 1.22. The molecule has 3 nitrogen and oxygen atoms in total. The third-order valence-electron chi connectivity index (χ3n) is 1.98. The van der Waals surface area contributed by atoms with Gasteiger partial charge in [-0.3, -0.25) is 0 Å². The van der Waals surface area contributed by atoms with Crippen LogP contribution in [0.15, 0.2) is 22.6 Å². The van der Waals surface area contributed by atoms with Gasteiger partial charge >= 0.3 is 0 Å². The number of oxazole rings is 1. The third-order valence-corrected chi connectivity index (χ3v) is 1.98. The van der Waals surface area contributed by atoms with Crippen LogP contribution in [0.3, 0.4) is 0 Å². The summed E-state index contributed by atoms with van der Waals surface area (Å²) in [4.78, 5) is 4.22. The number of nitrogens with zero attached hydrogens (tertiary/aromatic N) is 1. The van der Waals surface area contributed by atoms with Crippen molar-refractivity contribution in [2.45, 2.75) is 6.42 Å². The van der Waals surface area contributed by atoms with E-state index < -0.39 is 0 Å². The number of rotatable bonds is 3. The molecule has 0 saturated carbocycles. The molecule has 2 aromatic rings. The molecule has 4 heteroatoms. The highest BCUT2D eigenvalue weighted by atomic mass is 19.1. The average molecular weight is 194 g/mol. The Labute approximate surface area is 80.9 Å². The lowest BCUT2D eigenvalue weighted by atomic mass is 10.3. The van der Waals surface area contributed by atoms with E-state index >= 15 is 0 Å². The first-order valence-electron chi connectivity index (χ1n) is 4.49. The Hall–Kier alpha value is -1.42. The highest BCUT2D eigenvalue weighted by Gasteiger charge is 2.05. The second-order valence-corrected chi connectivity index (χ2v) is 3.07. The molecule has 0 aliphatic heterocycles. The Morgan fingerprint density at radius 1 is 1.50 bits per heavy atom. The van der Waals surface area contributed by atoms with E-state index in [9.17, 15) is 4.39 Å². The molecule has 14 heavy (non-hydrogen) atoms. The SMILES string of the molecule is CNCCc1nc2ccc(F)cc2o1. The fourth-order valence-electron chi connectivity index (χ4n) is 1.29. The highest BCUT2D eigenvalue weighted by Crippen LogP contribution is 2.16. The molecule has 0 atom stereocenters. The van der Waals surface area contributed by atoms with Gasteiger partial charge in [-0.1, -0.05) is 0 Å². The van der Waals surface area contributed by atoms with Crippen molar-refractivity contribution in [1.82, 2.24) is 10.3 Å². The maximum absolute atomic E-state index is 12.8. The molecule has 0 fully saturated rings. The van der Waals surface area contributed by atoms with Crippen LogP contribution in [0.2, 0.25) is 0 Å². The summed E-state index contributed by atoms with van der Waals surface area (Å²) in [6.07, 6.45) is 0.715. The van der Waals surface area contributed by atoms with E-state index in [0.29, 0.717) is 23.4 Å². The largest absolute Gasteiger partial charge is 0.441 e. The number of nitrogens with one attached hydrogen (secondary N) is 1. The standard InChI is InChI=1S/C10H11FN2O/c1-12-5-4-10-13-8-3-2-7(11)6-9(8)14-10/h2-3,6,12H,4-5H2,1H3. The molecule has 0 amide bonds. The Bertz CT molecular complexity index is 439. The van der Waals surface area contributed by atoms with Gasteiger partial charge in [0.2, 0.25) is 0 Å². The Morgan fingerprint density at radius 2 is 2.36 bits per heavy atom. The van der Waals surface area contributed by atoms with Crippen LogP contribution in [-0.2, 0) is 6.42 Å². The minimum atomic E-state index is -0.297. The molecule has 0 unspecified atom stereocenters. The summed E-state index contributed by atoms with van der Waals surface area (Å²) in [7, 11) is 1.86. The maximum atomic E-state index is 12.8. The monoisotopic (exact) mass is 194 g/mol. The molecule has 1 aromatic carbocycles. The van der Waals surface area contributed by atoms with Crippen molar-refractivity contribution in [2.75, 3.05) is 13.6 Å². The van der Waals surface area contributed by atoms with Crippen LogP contribution < -0.4 is 5.32 Å². The van der Waals surface area contributed by atoms with Gasteiger partial charge in [-0.2, -0.15) is 0 Å². The van der Waals surface area contributed by atoms with E-state index in [1.165, 1.54) is 12.1 Å². The van der Waals surface area contributed by atoms with Gasteiger partial charge in [0.05, 0.1) is 0 Å². The van der Waals surface area contributed by atoms with Gasteiger partial charge < -0.3 is 9.73 Å². The predicted octanol–water partition coefficient (Wildman–Crippen LogP) is 1.73. The van der Waals surface area contributed by atoms with E-state index in [1.54, 1.807) is 6.07 Å². The van der Waals surface area contributed by atoms with Crippen LogP contribution in [0.5, 0.6) is 0 Å². The number of benzene rings is 1. The van der Waals surface area contributed by atoms with Crippen LogP contribution in [0.25, 0.3) is 11.1 Å². The van der Waals surface area contributed by atoms with Gasteiger partial charge in [0, 0.05) is 19.0 Å². The van der Waals surface area contributed by atoms with E-state index in [0.717, 1.165) is 6.54 Å². The molecule has 74 valence electrons. The minimum absolute atomic E-state index is 0.297. The lowest BCUT2D eigenvalue weighted by Crippen LogP contribution is -2.10. The van der Waals surface area contributed by atoms with E-state index in [4.69, 9.17) is 4.42 Å². The lowest BCUT2D eigenvalue weighted by molar-refractivity contribution is 0.520. The summed E-state index contributed by atoms with van der Waals surface area (Å²) in [5, 5.41) is 3.00. The Kier molecular flexibility index (Phi) is 2.45. The van der Waals surface area contributed by atoms with E-state index in [2.05, 4.69) is 10.3 Å². The van der Waals surface area contributed by atoms with Crippen molar-refractivity contribution < 1.29 is 8.81 Å². The molecule has 1 heterocycles. The first kappa shape index (κ1) is 9.15.